The molecule has 3 nitrogen and oxygen atoms in total. The fourth-order valence-electron chi connectivity index (χ4n) is 2.51. The first-order valence-electron chi connectivity index (χ1n) is 6.81. The molecular formula is C13H28N2O. The van der Waals surface area contributed by atoms with Gasteiger partial charge in [0.05, 0.1) is 0 Å². The quantitative estimate of drug-likeness (QED) is 0.670. The normalized spacial score (nSPS) is 19.5. The molecule has 1 rings (SSSR count). The highest BCUT2D eigenvalue weighted by Crippen LogP contribution is 2.15. The maximum absolute atomic E-state index is 8.72. The molecule has 0 saturated carbocycles. The fraction of sp³-hybridized carbons (Fsp3) is 1.00. The summed E-state index contributed by atoms with van der Waals surface area (Å²) < 4.78 is 0. The zero-order valence-electron chi connectivity index (χ0n) is 11.0. The summed E-state index contributed by atoms with van der Waals surface area (Å²) in [4.78, 5) is 5.06. The molecule has 3 heteroatoms. The van der Waals surface area contributed by atoms with E-state index in [1.54, 1.807) is 0 Å². The number of piperidine rings is 1. The highest BCUT2D eigenvalue weighted by Gasteiger charge is 2.20. The van der Waals surface area contributed by atoms with Crippen LogP contribution in [0.25, 0.3) is 0 Å². The summed E-state index contributed by atoms with van der Waals surface area (Å²) in [6.45, 7) is 7.52. The van der Waals surface area contributed by atoms with Gasteiger partial charge in [0, 0.05) is 12.6 Å². The number of hydrogen-bond donors (Lipinski definition) is 1. The molecule has 0 bridgehead atoms. The zero-order valence-corrected chi connectivity index (χ0v) is 11.0. The Morgan fingerprint density at radius 3 is 2.44 bits per heavy atom. The maximum atomic E-state index is 8.72. The van der Waals surface area contributed by atoms with Gasteiger partial charge in [-0.1, -0.05) is 6.92 Å². The van der Waals surface area contributed by atoms with Crippen LogP contribution in [0.4, 0.5) is 0 Å². The lowest BCUT2D eigenvalue weighted by molar-refractivity contribution is 0.129. The van der Waals surface area contributed by atoms with E-state index in [0.717, 1.165) is 18.9 Å². The van der Waals surface area contributed by atoms with Gasteiger partial charge >= 0.3 is 0 Å². The Labute approximate surface area is 100 Å². The van der Waals surface area contributed by atoms with E-state index in [4.69, 9.17) is 5.11 Å². The fourth-order valence-corrected chi connectivity index (χ4v) is 2.51. The largest absolute Gasteiger partial charge is 0.396 e. The van der Waals surface area contributed by atoms with Crippen molar-refractivity contribution in [3.05, 3.63) is 0 Å². The first-order chi connectivity index (χ1) is 7.77. The van der Waals surface area contributed by atoms with Gasteiger partial charge in [-0.3, -0.25) is 0 Å². The summed E-state index contributed by atoms with van der Waals surface area (Å²) >= 11 is 0. The number of aliphatic hydroxyl groups is 1. The van der Waals surface area contributed by atoms with Crippen LogP contribution in [0.3, 0.4) is 0 Å². The number of unbranched alkanes of at least 4 members (excludes halogenated alkanes) is 2. The van der Waals surface area contributed by atoms with Crippen LogP contribution in [-0.2, 0) is 0 Å². The van der Waals surface area contributed by atoms with Crippen molar-refractivity contribution in [2.45, 2.75) is 45.1 Å². The number of rotatable bonds is 7. The van der Waals surface area contributed by atoms with Crippen molar-refractivity contribution < 1.29 is 5.11 Å². The highest BCUT2D eigenvalue weighted by atomic mass is 16.2. The molecule has 1 saturated heterocycles. The lowest BCUT2D eigenvalue weighted by Crippen LogP contribution is -2.43. The average molecular weight is 228 g/mol. The van der Waals surface area contributed by atoms with Crippen molar-refractivity contribution >= 4 is 0 Å². The summed E-state index contributed by atoms with van der Waals surface area (Å²) in [7, 11) is 2.26. The van der Waals surface area contributed by atoms with Gasteiger partial charge in [-0.25, -0.2) is 0 Å². The molecule has 1 fully saturated rings. The van der Waals surface area contributed by atoms with E-state index >= 15 is 0 Å². The lowest BCUT2D eigenvalue weighted by atomic mass is 10.0. The van der Waals surface area contributed by atoms with E-state index in [0.29, 0.717) is 6.61 Å². The standard InChI is InChI=1S/C13H28N2O/c1-3-15-10-7-13(8-11-15)14(2)9-5-4-6-12-16/h13,16H,3-12H2,1-2H3. The van der Waals surface area contributed by atoms with Gasteiger partial charge in [-0.2, -0.15) is 0 Å². The Hall–Kier alpha value is -0.120. The molecule has 0 aromatic heterocycles. The van der Waals surface area contributed by atoms with Crippen LogP contribution in [0.2, 0.25) is 0 Å². The molecule has 1 aliphatic rings. The summed E-state index contributed by atoms with van der Waals surface area (Å²) in [5, 5.41) is 8.72. The molecule has 0 aromatic rings. The average Bonchev–Trinajstić information content (AvgIpc) is 2.34. The van der Waals surface area contributed by atoms with Crippen LogP contribution in [-0.4, -0.2) is 60.8 Å². The SMILES string of the molecule is CCN1CCC(N(C)CCCCCO)CC1. The first kappa shape index (κ1) is 13.9. The van der Waals surface area contributed by atoms with Crippen LogP contribution in [0, 0.1) is 0 Å². The third-order valence-corrected chi connectivity index (χ3v) is 3.80. The topological polar surface area (TPSA) is 26.7 Å². The maximum Gasteiger partial charge on any atom is 0.0431 e. The molecule has 1 heterocycles. The summed E-state index contributed by atoms with van der Waals surface area (Å²) in [6, 6.07) is 0.789. The molecule has 0 aliphatic carbocycles. The number of hydrogen-bond acceptors (Lipinski definition) is 3. The molecule has 0 radical (unpaired) electrons. The third-order valence-electron chi connectivity index (χ3n) is 3.80. The van der Waals surface area contributed by atoms with Crippen molar-refractivity contribution in [2.75, 3.05) is 39.8 Å². The summed E-state index contributed by atoms with van der Waals surface area (Å²) in [6.07, 6.45) is 6.00. The zero-order chi connectivity index (χ0) is 11.8. The Bertz CT molecular complexity index is 167. The van der Waals surface area contributed by atoms with Gasteiger partial charge < -0.3 is 14.9 Å². The van der Waals surface area contributed by atoms with Crippen molar-refractivity contribution in [1.82, 2.24) is 9.80 Å². The van der Waals surface area contributed by atoms with Gasteiger partial charge in [0.15, 0.2) is 0 Å². The van der Waals surface area contributed by atoms with Crippen molar-refractivity contribution in [1.29, 1.82) is 0 Å². The van der Waals surface area contributed by atoms with E-state index in [1.807, 2.05) is 0 Å². The molecule has 1 aliphatic heterocycles. The minimum atomic E-state index is 0.346. The first-order valence-corrected chi connectivity index (χ1v) is 6.81. The van der Waals surface area contributed by atoms with E-state index in [1.165, 1.54) is 45.4 Å². The second-order valence-electron chi connectivity index (χ2n) is 4.93. The molecule has 0 atom stereocenters. The Morgan fingerprint density at radius 2 is 1.88 bits per heavy atom. The minimum Gasteiger partial charge on any atom is -0.396 e. The second kappa shape index (κ2) is 8.04. The Morgan fingerprint density at radius 1 is 1.19 bits per heavy atom. The Balaban J connectivity index is 2.10. The van der Waals surface area contributed by atoms with Gasteiger partial charge in [0.25, 0.3) is 0 Å². The highest BCUT2D eigenvalue weighted by molar-refractivity contribution is 4.77. The van der Waals surface area contributed by atoms with Crippen molar-refractivity contribution in [3.63, 3.8) is 0 Å². The Kier molecular flexibility index (Phi) is 7.01. The molecule has 0 spiro atoms. The molecule has 0 amide bonds. The molecular weight excluding hydrogens is 200 g/mol. The number of aliphatic hydroxyl groups excluding tert-OH is 1. The molecule has 1 N–H and O–H groups in total. The van der Waals surface area contributed by atoms with Crippen LogP contribution in [0.5, 0.6) is 0 Å². The lowest BCUT2D eigenvalue weighted by Gasteiger charge is -2.36. The predicted molar refractivity (Wildman–Crippen MR) is 68.7 cm³/mol. The van der Waals surface area contributed by atoms with Crippen molar-refractivity contribution in [3.8, 4) is 0 Å². The van der Waals surface area contributed by atoms with Crippen molar-refractivity contribution in [2.24, 2.45) is 0 Å². The summed E-state index contributed by atoms with van der Waals surface area (Å²) in [5.41, 5.74) is 0. The third kappa shape index (κ3) is 4.81. The number of nitrogens with zero attached hydrogens (tertiary/aromatic N) is 2. The monoisotopic (exact) mass is 228 g/mol. The minimum absolute atomic E-state index is 0.346. The van der Waals surface area contributed by atoms with Gasteiger partial charge in [-0.15, -0.1) is 0 Å². The van der Waals surface area contributed by atoms with E-state index in [2.05, 4.69) is 23.8 Å². The smallest absolute Gasteiger partial charge is 0.0431 e. The van der Waals surface area contributed by atoms with Crippen LogP contribution < -0.4 is 0 Å². The molecule has 96 valence electrons. The van der Waals surface area contributed by atoms with E-state index in [-0.39, 0.29) is 0 Å². The molecule has 0 unspecified atom stereocenters. The van der Waals surface area contributed by atoms with Gasteiger partial charge in [0.2, 0.25) is 0 Å². The molecule has 0 aromatic carbocycles. The van der Waals surface area contributed by atoms with Gasteiger partial charge in [-0.05, 0) is 65.3 Å². The molecule has 16 heavy (non-hydrogen) atoms. The second-order valence-corrected chi connectivity index (χ2v) is 4.93. The van der Waals surface area contributed by atoms with Crippen LogP contribution in [0.15, 0.2) is 0 Å². The summed E-state index contributed by atoms with van der Waals surface area (Å²) in [5.74, 6) is 0. The van der Waals surface area contributed by atoms with Crippen LogP contribution >= 0.6 is 0 Å². The predicted octanol–water partition coefficient (Wildman–Crippen LogP) is 1.57. The van der Waals surface area contributed by atoms with Gasteiger partial charge in [0.1, 0.15) is 0 Å². The van der Waals surface area contributed by atoms with Crippen LogP contribution in [0.1, 0.15) is 39.0 Å². The number of likely N-dealkylation sites (tertiary alicyclic amines) is 1. The van der Waals surface area contributed by atoms with E-state index in [9.17, 15) is 0 Å². The van der Waals surface area contributed by atoms with E-state index < -0.39 is 0 Å².